The number of carbonyl (C=O) groups is 2. The summed E-state index contributed by atoms with van der Waals surface area (Å²) in [5.41, 5.74) is 2.69. The molecule has 0 radical (unpaired) electrons. The number of nitriles is 1. The van der Waals surface area contributed by atoms with E-state index in [4.69, 9.17) is 5.26 Å². The van der Waals surface area contributed by atoms with Crippen molar-refractivity contribution >= 4 is 28.7 Å². The van der Waals surface area contributed by atoms with E-state index in [1.165, 1.54) is 11.9 Å². The van der Waals surface area contributed by atoms with E-state index in [9.17, 15) is 9.59 Å². The number of carbonyl (C=O) groups excluding carboxylic acids is 2. The standard InChI is InChI=1S/C29H32N6O2/c1-18(2)15-20-5-7-21(8-6-20)19(3)26(37)33-13-10-22-24(33)31-17-32-25(22)34-14-11-29-27(34)28(29,4)16-35(29)23(36)9-12-30/h5-8,10,13,17-19,27H,9,11,14-16H2,1-4H3/t19?,27?,28?,29-/m0/s1. The van der Waals surface area contributed by atoms with Gasteiger partial charge in [0, 0.05) is 24.7 Å². The molecular formula is C29H32N6O2. The van der Waals surface area contributed by atoms with Crippen molar-refractivity contribution in [3.8, 4) is 6.07 Å². The highest BCUT2D eigenvalue weighted by Gasteiger charge is 2.88. The maximum atomic E-state index is 13.6. The zero-order chi connectivity index (χ0) is 26.1. The summed E-state index contributed by atoms with van der Waals surface area (Å²) in [6, 6.07) is 12.4. The fourth-order valence-corrected chi connectivity index (χ4v) is 7.16. The molecule has 3 fully saturated rings. The minimum absolute atomic E-state index is 0.0161. The van der Waals surface area contributed by atoms with Gasteiger partial charge in [0.05, 0.1) is 29.0 Å². The van der Waals surface area contributed by atoms with Crippen LogP contribution in [0.2, 0.25) is 0 Å². The Bertz CT molecular complexity index is 1450. The molecule has 4 heterocycles. The van der Waals surface area contributed by atoms with Crippen molar-refractivity contribution in [3.63, 3.8) is 0 Å². The minimum atomic E-state index is -0.310. The van der Waals surface area contributed by atoms with Gasteiger partial charge in [0.15, 0.2) is 5.65 Å². The lowest BCUT2D eigenvalue weighted by atomic mass is 9.87. The third kappa shape index (κ3) is 3.19. The quantitative estimate of drug-likeness (QED) is 0.508. The van der Waals surface area contributed by atoms with Crippen LogP contribution in [0.4, 0.5) is 5.82 Å². The Morgan fingerprint density at radius 3 is 2.59 bits per heavy atom. The summed E-state index contributed by atoms with van der Waals surface area (Å²) in [6.45, 7) is 10.0. The molecule has 3 aliphatic rings. The molecule has 2 aromatic heterocycles. The van der Waals surface area contributed by atoms with Crippen LogP contribution in [0, 0.1) is 22.7 Å². The van der Waals surface area contributed by atoms with Crippen LogP contribution in [0.1, 0.15) is 62.4 Å². The topological polar surface area (TPSA) is 95.1 Å². The Morgan fingerprint density at radius 1 is 1.16 bits per heavy atom. The van der Waals surface area contributed by atoms with Gasteiger partial charge in [-0.1, -0.05) is 45.0 Å². The van der Waals surface area contributed by atoms with Crippen LogP contribution < -0.4 is 4.90 Å². The van der Waals surface area contributed by atoms with Crippen molar-refractivity contribution in [1.29, 1.82) is 5.26 Å². The Morgan fingerprint density at radius 2 is 1.92 bits per heavy atom. The van der Waals surface area contributed by atoms with Crippen LogP contribution in [-0.4, -0.2) is 55.9 Å². The van der Waals surface area contributed by atoms with Crippen LogP contribution in [0.3, 0.4) is 0 Å². The van der Waals surface area contributed by atoms with Gasteiger partial charge in [-0.25, -0.2) is 9.97 Å². The van der Waals surface area contributed by atoms with E-state index < -0.39 is 0 Å². The second-order valence-corrected chi connectivity index (χ2v) is 11.5. The highest BCUT2D eigenvalue weighted by Crippen LogP contribution is 2.75. The summed E-state index contributed by atoms with van der Waals surface area (Å²) in [5.74, 6) is 0.980. The van der Waals surface area contributed by atoms with E-state index in [-0.39, 0.29) is 41.1 Å². The molecule has 3 unspecified atom stereocenters. The summed E-state index contributed by atoms with van der Waals surface area (Å²) in [6.07, 6.45) is 5.13. The molecular weight excluding hydrogens is 464 g/mol. The summed E-state index contributed by atoms with van der Waals surface area (Å²) < 4.78 is 1.64. The van der Waals surface area contributed by atoms with Gasteiger partial charge in [0.1, 0.15) is 18.6 Å². The molecule has 1 spiro atoms. The number of hydrogen-bond donors (Lipinski definition) is 0. The average Bonchev–Trinajstić information content (AvgIpc) is 3.33. The third-order valence-electron chi connectivity index (χ3n) is 8.97. The smallest absolute Gasteiger partial charge is 0.239 e. The van der Waals surface area contributed by atoms with Crippen molar-refractivity contribution in [1.82, 2.24) is 19.4 Å². The number of nitrogens with zero attached hydrogens (tertiary/aromatic N) is 6. The van der Waals surface area contributed by atoms with Crippen molar-refractivity contribution in [2.24, 2.45) is 11.3 Å². The number of piperidine rings is 1. The fourth-order valence-electron chi connectivity index (χ4n) is 7.16. The second kappa shape index (κ2) is 8.14. The molecule has 37 heavy (non-hydrogen) atoms. The first-order valence-electron chi connectivity index (χ1n) is 13.1. The molecule has 2 aliphatic heterocycles. The first kappa shape index (κ1) is 23.7. The molecule has 3 aromatic rings. The molecule has 1 aromatic carbocycles. The van der Waals surface area contributed by atoms with E-state index >= 15 is 0 Å². The van der Waals surface area contributed by atoms with Crippen LogP contribution in [0.15, 0.2) is 42.9 Å². The number of hydrogen-bond acceptors (Lipinski definition) is 6. The van der Waals surface area contributed by atoms with Crippen molar-refractivity contribution in [2.45, 2.75) is 64.5 Å². The number of benzene rings is 1. The molecule has 0 bridgehead atoms. The molecule has 2 saturated heterocycles. The highest BCUT2D eigenvalue weighted by molar-refractivity contribution is 5.98. The van der Waals surface area contributed by atoms with E-state index in [2.05, 4.69) is 59.9 Å². The lowest BCUT2D eigenvalue weighted by Gasteiger charge is -2.45. The molecule has 8 heteroatoms. The molecule has 8 nitrogen and oxygen atoms in total. The van der Waals surface area contributed by atoms with Crippen LogP contribution in [0.25, 0.3) is 11.0 Å². The number of aromatic nitrogens is 3. The highest BCUT2D eigenvalue weighted by atomic mass is 16.2. The summed E-state index contributed by atoms with van der Waals surface area (Å²) >= 11 is 0. The summed E-state index contributed by atoms with van der Waals surface area (Å²) in [4.78, 5) is 39.4. The SMILES string of the molecule is CC(C)Cc1ccc(C(C)C(=O)n2ccc3c(N4CC[C@]56C4C5(C)CN6C(=O)CC#N)ncnc32)cc1. The van der Waals surface area contributed by atoms with Gasteiger partial charge in [-0.05, 0) is 42.9 Å². The first-order chi connectivity index (χ1) is 17.7. The van der Waals surface area contributed by atoms with Crippen molar-refractivity contribution < 1.29 is 9.59 Å². The van der Waals surface area contributed by atoms with E-state index in [0.717, 1.165) is 36.2 Å². The molecule has 1 saturated carbocycles. The van der Waals surface area contributed by atoms with Gasteiger partial charge < -0.3 is 9.80 Å². The molecule has 6 rings (SSSR count). The number of likely N-dealkylation sites (tertiary alicyclic amines) is 1. The summed E-state index contributed by atoms with van der Waals surface area (Å²) in [7, 11) is 0. The van der Waals surface area contributed by atoms with Crippen molar-refractivity contribution in [3.05, 3.63) is 54.0 Å². The van der Waals surface area contributed by atoms with E-state index in [1.807, 2.05) is 24.0 Å². The molecule has 190 valence electrons. The fraction of sp³-hybridized carbons (Fsp3) is 0.483. The Balaban J connectivity index is 1.26. The summed E-state index contributed by atoms with van der Waals surface area (Å²) in [5, 5.41) is 9.85. The molecule has 0 N–H and O–H groups in total. The van der Waals surface area contributed by atoms with E-state index in [0.29, 0.717) is 18.1 Å². The van der Waals surface area contributed by atoms with Crippen LogP contribution in [-0.2, 0) is 11.2 Å². The predicted molar refractivity (Wildman–Crippen MR) is 140 cm³/mol. The van der Waals surface area contributed by atoms with Gasteiger partial charge in [-0.3, -0.25) is 14.2 Å². The predicted octanol–water partition coefficient (Wildman–Crippen LogP) is 4.17. The van der Waals surface area contributed by atoms with Gasteiger partial charge in [-0.15, -0.1) is 0 Å². The normalized spacial score (nSPS) is 26.4. The minimum Gasteiger partial charge on any atom is -0.350 e. The Labute approximate surface area is 216 Å². The lowest BCUT2D eigenvalue weighted by Crippen LogP contribution is -2.57. The lowest BCUT2D eigenvalue weighted by molar-refractivity contribution is -0.142. The average molecular weight is 497 g/mol. The molecule has 4 atom stereocenters. The maximum absolute atomic E-state index is 13.6. The zero-order valence-corrected chi connectivity index (χ0v) is 21.8. The number of fused-ring (bicyclic) bond motifs is 2. The van der Waals surface area contributed by atoms with Crippen LogP contribution in [0.5, 0.6) is 0 Å². The largest absolute Gasteiger partial charge is 0.350 e. The van der Waals surface area contributed by atoms with Gasteiger partial charge in [0.2, 0.25) is 11.8 Å². The van der Waals surface area contributed by atoms with E-state index in [1.54, 1.807) is 10.8 Å². The second-order valence-electron chi connectivity index (χ2n) is 11.5. The van der Waals surface area contributed by atoms with Gasteiger partial charge in [0.25, 0.3) is 0 Å². The van der Waals surface area contributed by atoms with Crippen molar-refractivity contribution in [2.75, 3.05) is 18.0 Å². The maximum Gasteiger partial charge on any atom is 0.239 e. The molecule has 1 amide bonds. The first-order valence-corrected chi connectivity index (χ1v) is 13.1. The Hall–Kier alpha value is -3.73. The number of rotatable bonds is 6. The third-order valence-corrected chi connectivity index (χ3v) is 8.97. The Kier molecular flexibility index (Phi) is 5.20. The molecule has 1 aliphatic carbocycles. The van der Waals surface area contributed by atoms with Crippen LogP contribution >= 0.6 is 0 Å². The number of anilines is 1. The van der Waals surface area contributed by atoms with Gasteiger partial charge >= 0.3 is 0 Å². The van der Waals surface area contributed by atoms with Gasteiger partial charge in [-0.2, -0.15) is 5.26 Å². The number of amides is 1. The monoisotopic (exact) mass is 496 g/mol. The zero-order valence-electron chi connectivity index (χ0n) is 21.8.